The van der Waals surface area contributed by atoms with Crippen LogP contribution < -0.4 is 0 Å². The average molecular weight is 227 g/mol. The summed E-state index contributed by atoms with van der Waals surface area (Å²) in [5, 5.41) is 9.80. The van der Waals surface area contributed by atoms with Gasteiger partial charge in [0, 0.05) is 4.47 Å². The summed E-state index contributed by atoms with van der Waals surface area (Å²) >= 11 is 3.46. The van der Waals surface area contributed by atoms with Crippen LogP contribution in [0.3, 0.4) is 0 Å². The first kappa shape index (κ1) is 8.27. The second kappa shape index (κ2) is 2.86. The molecule has 0 amide bonds. The predicted octanol–water partition coefficient (Wildman–Crippen LogP) is 2.67. The Kier molecular flexibility index (Phi) is 1.97. The van der Waals surface area contributed by atoms with Crippen molar-refractivity contribution in [2.75, 3.05) is 0 Å². The Balaban J connectivity index is 2.55. The molecule has 1 aliphatic carbocycles. The highest BCUT2D eigenvalue weighted by Crippen LogP contribution is 2.39. The van der Waals surface area contributed by atoms with E-state index in [1.54, 1.807) is 0 Å². The van der Waals surface area contributed by atoms with Gasteiger partial charge in [-0.1, -0.05) is 35.0 Å². The molecule has 0 bridgehead atoms. The van der Waals surface area contributed by atoms with Crippen LogP contribution in [0.15, 0.2) is 22.7 Å². The number of benzene rings is 1. The summed E-state index contributed by atoms with van der Waals surface area (Å²) in [5.41, 5.74) is 2.37. The van der Waals surface area contributed by atoms with E-state index in [1.165, 1.54) is 5.56 Å². The number of fused-ring (bicyclic) bond motifs is 1. The maximum Gasteiger partial charge on any atom is 0.0832 e. The van der Waals surface area contributed by atoms with Gasteiger partial charge in [-0.05, 0) is 29.5 Å². The molecule has 2 atom stereocenters. The summed E-state index contributed by atoms with van der Waals surface area (Å²) in [6.45, 7) is 2.08. The van der Waals surface area contributed by atoms with Crippen LogP contribution in [-0.2, 0) is 6.42 Å². The zero-order valence-corrected chi connectivity index (χ0v) is 8.51. The van der Waals surface area contributed by atoms with E-state index in [-0.39, 0.29) is 6.10 Å². The zero-order chi connectivity index (χ0) is 8.72. The second-order valence-corrected chi connectivity index (χ2v) is 4.29. The SMILES string of the molecule is CC1Cc2cccc(Br)c2C1O. The van der Waals surface area contributed by atoms with E-state index in [1.807, 2.05) is 12.1 Å². The van der Waals surface area contributed by atoms with Gasteiger partial charge in [-0.3, -0.25) is 0 Å². The van der Waals surface area contributed by atoms with Gasteiger partial charge < -0.3 is 5.11 Å². The average Bonchev–Trinajstić information content (AvgIpc) is 2.29. The van der Waals surface area contributed by atoms with E-state index < -0.39 is 0 Å². The summed E-state index contributed by atoms with van der Waals surface area (Å²) in [7, 11) is 0. The fraction of sp³-hybridized carbons (Fsp3) is 0.400. The van der Waals surface area contributed by atoms with E-state index >= 15 is 0 Å². The molecule has 12 heavy (non-hydrogen) atoms. The smallest absolute Gasteiger partial charge is 0.0832 e. The molecule has 2 rings (SSSR count). The van der Waals surface area contributed by atoms with Gasteiger partial charge >= 0.3 is 0 Å². The molecule has 1 aliphatic rings. The van der Waals surface area contributed by atoms with E-state index in [0.29, 0.717) is 5.92 Å². The molecule has 0 aliphatic heterocycles. The van der Waals surface area contributed by atoms with E-state index in [4.69, 9.17) is 0 Å². The molecule has 1 nitrogen and oxygen atoms in total. The van der Waals surface area contributed by atoms with Crippen molar-refractivity contribution in [3.8, 4) is 0 Å². The monoisotopic (exact) mass is 226 g/mol. The third-order valence-electron chi connectivity index (χ3n) is 2.52. The number of hydrogen-bond donors (Lipinski definition) is 1. The normalized spacial score (nSPS) is 27.2. The molecule has 1 N–H and O–H groups in total. The van der Waals surface area contributed by atoms with Crippen LogP contribution in [0.5, 0.6) is 0 Å². The Labute approximate surface area is 80.5 Å². The van der Waals surface area contributed by atoms with Crippen LogP contribution in [0.1, 0.15) is 24.2 Å². The molecule has 2 unspecified atom stereocenters. The molecule has 2 heteroatoms. The van der Waals surface area contributed by atoms with Gasteiger partial charge in [0.25, 0.3) is 0 Å². The fourth-order valence-electron chi connectivity index (χ4n) is 1.83. The van der Waals surface area contributed by atoms with Crippen molar-refractivity contribution in [3.05, 3.63) is 33.8 Å². The molecule has 0 heterocycles. The summed E-state index contributed by atoms with van der Waals surface area (Å²) in [6, 6.07) is 6.10. The number of aliphatic hydroxyl groups is 1. The molecule has 0 aromatic heterocycles. The summed E-state index contributed by atoms with van der Waals surface area (Å²) in [4.78, 5) is 0. The second-order valence-electron chi connectivity index (χ2n) is 3.44. The lowest BCUT2D eigenvalue weighted by Gasteiger charge is -2.09. The lowest BCUT2D eigenvalue weighted by molar-refractivity contribution is 0.132. The van der Waals surface area contributed by atoms with Crippen molar-refractivity contribution >= 4 is 15.9 Å². The molecular formula is C10H11BrO. The first-order valence-corrected chi connectivity index (χ1v) is 4.95. The minimum Gasteiger partial charge on any atom is -0.388 e. The predicted molar refractivity (Wildman–Crippen MR) is 52.0 cm³/mol. The first-order valence-electron chi connectivity index (χ1n) is 4.15. The third kappa shape index (κ3) is 1.10. The van der Waals surface area contributed by atoms with Gasteiger partial charge in [-0.25, -0.2) is 0 Å². The number of rotatable bonds is 0. The highest BCUT2D eigenvalue weighted by Gasteiger charge is 2.28. The number of hydrogen-bond acceptors (Lipinski definition) is 1. The van der Waals surface area contributed by atoms with Crippen molar-refractivity contribution in [3.63, 3.8) is 0 Å². The molecular weight excluding hydrogens is 216 g/mol. The Hall–Kier alpha value is -0.340. The molecule has 0 saturated carbocycles. The highest BCUT2D eigenvalue weighted by molar-refractivity contribution is 9.10. The van der Waals surface area contributed by atoms with Crippen molar-refractivity contribution < 1.29 is 5.11 Å². The van der Waals surface area contributed by atoms with Crippen LogP contribution >= 0.6 is 15.9 Å². The van der Waals surface area contributed by atoms with Gasteiger partial charge in [0.1, 0.15) is 0 Å². The third-order valence-corrected chi connectivity index (χ3v) is 3.21. The topological polar surface area (TPSA) is 20.2 Å². The minimum atomic E-state index is -0.282. The molecule has 0 saturated heterocycles. The summed E-state index contributed by atoms with van der Waals surface area (Å²) in [5.74, 6) is 0.360. The molecule has 1 aromatic carbocycles. The van der Waals surface area contributed by atoms with Crippen molar-refractivity contribution in [2.24, 2.45) is 5.92 Å². The lowest BCUT2D eigenvalue weighted by Crippen LogP contribution is -2.01. The number of aliphatic hydroxyl groups excluding tert-OH is 1. The maximum absolute atomic E-state index is 9.80. The lowest BCUT2D eigenvalue weighted by atomic mass is 10.1. The standard InChI is InChI=1S/C10H11BrO/c1-6-5-7-3-2-4-8(11)9(7)10(6)12/h2-4,6,10,12H,5H2,1H3. The van der Waals surface area contributed by atoms with Crippen LogP contribution in [-0.4, -0.2) is 5.11 Å². The first-order chi connectivity index (χ1) is 5.70. The Morgan fingerprint density at radius 1 is 1.50 bits per heavy atom. The van der Waals surface area contributed by atoms with Gasteiger partial charge in [0.15, 0.2) is 0 Å². The molecule has 0 fully saturated rings. The Morgan fingerprint density at radius 2 is 2.25 bits per heavy atom. The van der Waals surface area contributed by atoms with Crippen molar-refractivity contribution in [2.45, 2.75) is 19.4 Å². The summed E-state index contributed by atoms with van der Waals surface area (Å²) in [6.07, 6.45) is 0.714. The van der Waals surface area contributed by atoms with Gasteiger partial charge in [0.05, 0.1) is 6.10 Å². The van der Waals surface area contributed by atoms with E-state index in [0.717, 1.165) is 16.5 Å². The van der Waals surface area contributed by atoms with Gasteiger partial charge in [-0.15, -0.1) is 0 Å². The van der Waals surface area contributed by atoms with Crippen molar-refractivity contribution in [1.29, 1.82) is 0 Å². The fourth-order valence-corrected chi connectivity index (χ4v) is 2.48. The molecule has 64 valence electrons. The zero-order valence-electron chi connectivity index (χ0n) is 6.92. The van der Waals surface area contributed by atoms with Crippen LogP contribution in [0.2, 0.25) is 0 Å². The van der Waals surface area contributed by atoms with E-state index in [2.05, 4.69) is 28.9 Å². The summed E-state index contributed by atoms with van der Waals surface area (Å²) < 4.78 is 1.04. The Bertz CT molecular complexity index is 309. The van der Waals surface area contributed by atoms with E-state index in [9.17, 15) is 5.11 Å². The quantitative estimate of drug-likeness (QED) is 0.722. The molecule has 1 aromatic rings. The largest absolute Gasteiger partial charge is 0.388 e. The van der Waals surface area contributed by atoms with Gasteiger partial charge in [-0.2, -0.15) is 0 Å². The number of halogens is 1. The highest BCUT2D eigenvalue weighted by atomic mass is 79.9. The van der Waals surface area contributed by atoms with Crippen LogP contribution in [0.25, 0.3) is 0 Å². The minimum absolute atomic E-state index is 0.282. The van der Waals surface area contributed by atoms with Gasteiger partial charge in [0.2, 0.25) is 0 Å². The Morgan fingerprint density at radius 3 is 2.92 bits per heavy atom. The molecule has 0 spiro atoms. The maximum atomic E-state index is 9.80. The van der Waals surface area contributed by atoms with Crippen LogP contribution in [0, 0.1) is 5.92 Å². The molecule has 0 radical (unpaired) electrons. The van der Waals surface area contributed by atoms with Crippen molar-refractivity contribution in [1.82, 2.24) is 0 Å². The van der Waals surface area contributed by atoms with Crippen LogP contribution in [0.4, 0.5) is 0 Å².